The Labute approximate surface area is 191 Å². The molecule has 0 spiro atoms. The molecule has 32 heavy (non-hydrogen) atoms. The van der Waals surface area contributed by atoms with Crippen LogP contribution in [-0.2, 0) is 16.8 Å². The highest BCUT2D eigenvalue weighted by Gasteiger charge is 2.19. The Balaban J connectivity index is 2.04. The molecule has 2 heterocycles. The number of rotatable bonds is 12. The minimum absolute atomic E-state index is 0.0625. The van der Waals surface area contributed by atoms with Crippen molar-refractivity contribution >= 4 is 0 Å². The second-order valence-corrected chi connectivity index (χ2v) is 10.0. The van der Waals surface area contributed by atoms with E-state index in [9.17, 15) is 4.39 Å². The van der Waals surface area contributed by atoms with Crippen molar-refractivity contribution in [1.29, 1.82) is 0 Å². The SMILES string of the molecule is CC(C)(C)N/C=C(\N)CN(CC1=CN(COCCCF)NN1)Cc1cn(C(C)(C)C)nn1. The van der Waals surface area contributed by atoms with Gasteiger partial charge in [-0.05, 0) is 48.0 Å². The molecular formula is C21H40FN9O. The van der Waals surface area contributed by atoms with Crippen LogP contribution >= 0.6 is 0 Å². The van der Waals surface area contributed by atoms with Crippen LogP contribution in [0.4, 0.5) is 4.39 Å². The van der Waals surface area contributed by atoms with Crippen LogP contribution in [0.3, 0.4) is 0 Å². The van der Waals surface area contributed by atoms with E-state index in [0.717, 1.165) is 17.1 Å². The first-order chi connectivity index (χ1) is 15.0. The quantitative estimate of drug-likeness (QED) is 0.350. The highest BCUT2D eigenvalue weighted by Crippen LogP contribution is 2.14. The maximum atomic E-state index is 12.2. The van der Waals surface area contributed by atoms with Gasteiger partial charge in [0.15, 0.2) is 0 Å². The Morgan fingerprint density at radius 2 is 2.03 bits per heavy atom. The molecule has 0 bridgehead atoms. The molecule has 0 amide bonds. The summed E-state index contributed by atoms with van der Waals surface area (Å²) in [5.41, 5.74) is 14.8. The average molecular weight is 454 g/mol. The summed E-state index contributed by atoms with van der Waals surface area (Å²) in [6, 6.07) is 0. The van der Waals surface area contributed by atoms with Gasteiger partial charge >= 0.3 is 0 Å². The number of nitrogens with two attached hydrogens (primary N) is 1. The van der Waals surface area contributed by atoms with Crippen molar-refractivity contribution in [3.63, 3.8) is 0 Å². The van der Waals surface area contributed by atoms with Crippen LogP contribution in [0.1, 0.15) is 53.7 Å². The van der Waals surface area contributed by atoms with Gasteiger partial charge in [0.2, 0.25) is 0 Å². The summed E-state index contributed by atoms with van der Waals surface area (Å²) >= 11 is 0. The maximum Gasteiger partial charge on any atom is 0.134 e. The van der Waals surface area contributed by atoms with Crippen LogP contribution in [-0.4, -0.2) is 63.5 Å². The summed E-state index contributed by atoms with van der Waals surface area (Å²) < 4.78 is 19.5. The number of hydrogen-bond donors (Lipinski definition) is 4. The second kappa shape index (κ2) is 11.5. The second-order valence-electron chi connectivity index (χ2n) is 10.0. The molecule has 0 atom stereocenters. The van der Waals surface area contributed by atoms with Crippen LogP contribution in [0.2, 0.25) is 0 Å². The fourth-order valence-corrected chi connectivity index (χ4v) is 2.82. The Hall–Kier alpha value is -2.37. The first-order valence-electron chi connectivity index (χ1n) is 11.0. The van der Waals surface area contributed by atoms with Gasteiger partial charge in [0.1, 0.15) is 6.73 Å². The van der Waals surface area contributed by atoms with E-state index in [1.807, 2.05) is 23.3 Å². The maximum absolute atomic E-state index is 12.2. The van der Waals surface area contributed by atoms with Crippen molar-refractivity contribution in [2.45, 2.75) is 65.6 Å². The van der Waals surface area contributed by atoms with Crippen molar-refractivity contribution in [2.75, 3.05) is 33.1 Å². The Kier molecular flexibility index (Phi) is 9.29. The van der Waals surface area contributed by atoms with E-state index in [4.69, 9.17) is 10.5 Å². The highest BCUT2D eigenvalue weighted by molar-refractivity contribution is 5.08. The Bertz CT molecular complexity index is 764. The van der Waals surface area contributed by atoms with E-state index in [2.05, 4.69) is 73.0 Å². The topological polar surface area (TPSA) is 109 Å². The number of hydrazine groups is 2. The van der Waals surface area contributed by atoms with Crippen LogP contribution in [0.25, 0.3) is 0 Å². The summed E-state index contributed by atoms with van der Waals surface area (Å²) in [5, 5.41) is 13.7. The molecule has 1 aliphatic heterocycles. The fraction of sp³-hybridized carbons (Fsp3) is 0.714. The number of alkyl halides is 1. The van der Waals surface area contributed by atoms with Crippen LogP contribution in [0.15, 0.2) is 30.0 Å². The van der Waals surface area contributed by atoms with Crippen LogP contribution in [0.5, 0.6) is 0 Å². The van der Waals surface area contributed by atoms with E-state index in [1.54, 1.807) is 5.01 Å². The van der Waals surface area contributed by atoms with Gasteiger partial charge < -0.3 is 21.2 Å². The van der Waals surface area contributed by atoms with Gasteiger partial charge in [-0.3, -0.25) is 14.3 Å². The molecule has 0 unspecified atom stereocenters. The van der Waals surface area contributed by atoms with Gasteiger partial charge in [0, 0.05) is 43.3 Å². The molecule has 0 saturated heterocycles. The molecule has 182 valence electrons. The Morgan fingerprint density at radius 3 is 2.66 bits per heavy atom. The molecule has 1 aliphatic rings. The number of hydrogen-bond acceptors (Lipinski definition) is 9. The molecule has 1 aromatic heterocycles. The summed E-state index contributed by atoms with van der Waals surface area (Å²) in [4.78, 5) is 2.18. The van der Waals surface area contributed by atoms with E-state index in [0.29, 0.717) is 39.4 Å². The van der Waals surface area contributed by atoms with Gasteiger partial charge in [-0.1, -0.05) is 5.21 Å². The molecule has 11 heteroatoms. The van der Waals surface area contributed by atoms with Crippen molar-refractivity contribution in [1.82, 2.24) is 41.2 Å². The lowest BCUT2D eigenvalue weighted by Gasteiger charge is -2.24. The van der Waals surface area contributed by atoms with Gasteiger partial charge in [-0.25, -0.2) is 4.68 Å². The summed E-state index contributed by atoms with van der Waals surface area (Å²) in [6.07, 6.45) is 6.16. The van der Waals surface area contributed by atoms with Crippen LogP contribution < -0.4 is 22.0 Å². The lowest BCUT2D eigenvalue weighted by atomic mass is 10.1. The minimum atomic E-state index is -0.374. The molecule has 0 saturated carbocycles. The van der Waals surface area contributed by atoms with Crippen LogP contribution in [0, 0.1) is 0 Å². The molecule has 10 nitrogen and oxygen atoms in total. The van der Waals surface area contributed by atoms with E-state index in [-0.39, 0.29) is 17.8 Å². The van der Waals surface area contributed by atoms with Gasteiger partial charge in [-0.2, -0.15) is 0 Å². The monoisotopic (exact) mass is 453 g/mol. The normalized spacial score (nSPS) is 15.3. The number of halogens is 1. The van der Waals surface area contributed by atoms with E-state index < -0.39 is 0 Å². The number of ether oxygens (including phenoxy) is 1. The predicted octanol–water partition coefficient (Wildman–Crippen LogP) is 1.52. The zero-order chi connectivity index (χ0) is 23.8. The summed E-state index contributed by atoms with van der Waals surface area (Å²) in [7, 11) is 0. The number of nitrogens with zero attached hydrogens (tertiary/aromatic N) is 5. The third kappa shape index (κ3) is 9.41. The smallest absolute Gasteiger partial charge is 0.134 e. The Morgan fingerprint density at radius 1 is 1.28 bits per heavy atom. The summed E-state index contributed by atoms with van der Waals surface area (Å²) in [6.45, 7) is 14.6. The molecule has 0 fully saturated rings. The number of aromatic nitrogens is 3. The first-order valence-corrected chi connectivity index (χ1v) is 11.0. The van der Waals surface area contributed by atoms with Crippen molar-refractivity contribution in [3.8, 4) is 0 Å². The minimum Gasteiger partial charge on any atom is -0.400 e. The third-order valence-electron chi connectivity index (χ3n) is 4.43. The number of nitrogens with one attached hydrogen (secondary N) is 3. The molecular weight excluding hydrogens is 413 g/mol. The third-order valence-corrected chi connectivity index (χ3v) is 4.43. The fourth-order valence-electron chi connectivity index (χ4n) is 2.82. The predicted molar refractivity (Wildman–Crippen MR) is 123 cm³/mol. The molecule has 2 rings (SSSR count). The molecule has 1 aromatic rings. The van der Waals surface area contributed by atoms with Crippen molar-refractivity contribution in [3.05, 3.63) is 35.7 Å². The van der Waals surface area contributed by atoms with Gasteiger partial charge in [0.25, 0.3) is 0 Å². The van der Waals surface area contributed by atoms with Gasteiger partial charge in [-0.15, -0.1) is 10.6 Å². The zero-order valence-corrected chi connectivity index (χ0v) is 20.3. The summed E-state index contributed by atoms with van der Waals surface area (Å²) in [5.74, 6) is 0. The standard InChI is InChI=1S/C21H40FN9O/c1-20(2,3)24-10-17(23)11-29(13-19-15-31(28-26-19)21(4,5)6)12-18-14-30(27-25-18)16-32-9-7-8-22/h10,14-15,24-25,27H,7-9,11-13,16,23H2,1-6H3/b17-10-. The first kappa shape index (κ1) is 25.9. The zero-order valence-electron chi connectivity index (χ0n) is 20.3. The molecule has 0 aliphatic carbocycles. The lowest BCUT2D eigenvalue weighted by Crippen LogP contribution is -2.40. The highest BCUT2D eigenvalue weighted by atomic mass is 19.1. The molecule has 5 N–H and O–H groups in total. The molecule has 0 aromatic carbocycles. The largest absolute Gasteiger partial charge is 0.400 e. The average Bonchev–Trinajstić information content (AvgIpc) is 3.32. The van der Waals surface area contributed by atoms with Crippen molar-refractivity contribution < 1.29 is 9.13 Å². The molecule has 0 radical (unpaired) electrons. The van der Waals surface area contributed by atoms with E-state index in [1.165, 1.54) is 0 Å². The van der Waals surface area contributed by atoms with E-state index >= 15 is 0 Å². The lowest BCUT2D eigenvalue weighted by molar-refractivity contribution is 0.0268. The van der Waals surface area contributed by atoms with Gasteiger partial charge in [0.05, 0.1) is 36.4 Å². The van der Waals surface area contributed by atoms with Crippen molar-refractivity contribution in [2.24, 2.45) is 5.73 Å².